The Morgan fingerprint density at radius 3 is 2.67 bits per heavy atom. The molecule has 88 valence electrons. The van der Waals surface area contributed by atoms with Crippen molar-refractivity contribution < 1.29 is 9.90 Å². The van der Waals surface area contributed by atoms with E-state index < -0.39 is 11.0 Å². The van der Waals surface area contributed by atoms with Crippen LogP contribution >= 0.6 is 0 Å². The molecule has 0 spiro atoms. The van der Waals surface area contributed by atoms with Gasteiger partial charge in [-0.2, -0.15) is 0 Å². The molecule has 1 saturated carbocycles. The van der Waals surface area contributed by atoms with Gasteiger partial charge in [0.2, 0.25) is 5.91 Å². The molecule has 0 saturated heterocycles. The maximum Gasteiger partial charge on any atom is 0.227 e. The van der Waals surface area contributed by atoms with E-state index in [1.165, 1.54) is 0 Å². The number of aliphatic hydroxyl groups is 1. The van der Waals surface area contributed by atoms with E-state index in [1.54, 1.807) is 13.8 Å². The average Bonchev–Trinajstić information content (AvgIpc) is 2.43. The van der Waals surface area contributed by atoms with Gasteiger partial charge in [-0.05, 0) is 33.6 Å². The van der Waals surface area contributed by atoms with E-state index in [4.69, 9.17) is 5.73 Å². The molecule has 0 aromatic heterocycles. The van der Waals surface area contributed by atoms with E-state index in [0.29, 0.717) is 0 Å². The highest BCUT2D eigenvalue weighted by atomic mass is 16.3. The Bertz CT molecular complexity index is 247. The SMILES string of the molecule is CC(C)(O)CNC(=O)C1(C)CCCC1N. The molecule has 0 heterocycles. The quantitative estimate of drug-likeness (QED) is 0.636. The van der Waals surface area contributed by atoms with E-state index in [2.05, 4.69) is 5.32 Å². The van der Waals surface area contributed by atoms with Crippen molar-refractivity contribution >= 4 is 5.91 Å². The first-order valence-corrected chi connectivity index (χ1v) is 5.52. The van der Waals surface area contributed by atoms with Crippen LogP contribution in [0.1, 0.15) is 40.0 Å². The maximum absolute atomic E-state index is 11.9. The molecule has 2 atom stereocenters. The molecule has 1 aliphatic rings. The minimum Gasteiger partial charge on any atom is -0.389 e. The summed E-state index contributed by atoms with van der Waals surface area (Å²) in [6, 6.07) is -0.0562. The average molecular weight is 214 g/mol. The summed E-state index contributed by atoms with van der Waals surface area (Å²) >= 11 is 0. The number of hydrogen-bond acceptors (Lipinski definition) is 3. The van der Waals surface area contributed by atoms with Gasteiger partial charge in [0.15, 0.2) is 0 Å². The molecule has 0 aromatic rings. The van der Waals surface area contributed by atoms with Crippen molar-refractivity contribution in [1.82, 2.24) is 5.32 Å². The van der Waals surface area contributed by atoms with Crippen LogP contribution in [0.25, 0.3) is 0 Å². The molecule has 4 N–H and O–H groups in total. The van der Waals surface area contributed by atoms with Crippen molar-refractivity contribution in [3.05, 3.63) is 0 Å². The molecule has 1 amide bonds. The summed E-state index contributed by atoms with van der Waals surface area (Å²) in [5.41, 5.74) is 4.61. The van der Waals surface area contributed by atoms with Gasteiger partial charge < -0.3 is 16.2 Å². The highest BCUT2D eigenvalue weighted by Crippen LogP contribution is 2.36. The summed E-state index contributed by atoms with van der Waals surface area (Å²) in [5, 5.41) is 12.3. The third-order valence-corrected chi connectivity index (χ3v) is 3.23. The summed E-state index contributed by atoms with van der Waals surface area (Å²) in [5.74, 6) is -0.0328. The smallest absolute Gasteiger partial charge is 0.227 e. The summed E-state index contributed by atoms with van der Waals surface area (Å²) in [6.07, 6.45) is 2.76. The molecule has 0 aromatic carbocycles. The molecule has 4 nitrogen and oxygen atoms in total. The topological polar surface area (TPSA) is 75.3 Å². The summed E-state index contributed by atoms with van der Waals surface area (Å²) in [7, 11) is 0. The zero-order valence-electron chi connectivity index (χ0n) is 9.84. The largest absolute Gasteiger partial charge is 0.389 e. The Balaban J connectivity index is 2.53. The minimum absolute atomic E-state index is 0.0328. The predicted molar refractivity (Wildman–Crippen MR) is 59.2 cm³/mol. The number of rotatable bonds is 3. The lowest BCUT2D eigenvalue weighted by Gasteiger charge is -2.29. The first-order valence-electron chi connectivity index (χ1n) is 5.52. The number of nitrogens with two attached hydrogens (primary N) is 1. The van der Waals surface area contributed by atoms with Crippen LogP contribution in [0, 0.1) is 5.41 Å². The number of carbonyl (C=O) groups excluding carboxylic acids is 1. The second kappa shape index (κ2) is 4.10. The Labute approximate surface area is 91.2 Å². The van der Waals surface area contributed by atoms with Gasteiger partial charge in [-0.1, -0.05) is 6.42 Å². The predicted octanol–water partition coefficient (Wildman–Crippen LogP) is 0.391. The molecule has 0 bridgehead atoms. The molecule has 1 aliphatic carbocycles. The Hall–Kier alpha value is -0.610. The van der Waals surface area contributed by atoms with Gasteiger partial charge in [-0.25, -0.2) is 0 Å². The van der Waals surface area contributed by atoms with Gasteiger partial charge in [0.05, 0.1) is 11.0 Å². The van der Waals surface area contributed by atoms with Gasteiger partial charge >= 0.3 is 0 Å². The Morgan fingerprint density at radius 2 is 2.27 bits per heavy atom. The van der Waals surface area contributed by atoms with Gasteiger partial charge in [-0.15, -0.1) is 0 Å². The van der Waals surface area contributed by atoms with Crippen LogP contribution in [-0.2, 0) is 4.79 Å². The fourth-order valence-corrected chi connectivity index (χ4v) is 1.97. The van der Waals surface area contributed by atoms with Crippen molar-refractivity contribution in [2.45, 2.75) is 51.7 Å². The van der Waals surface area contributed by atoms with Crippen molar-refractivity contribution in [2.75, 3.05) is 6.54 Å². The molecular weight excluding hydrogens is 192 g/mol. The summed E-state index contributed by atoms with van der Waals surface area (Å²) < 4.78 is 0. The Morgan fingerprint density at radius 1 is 1.67 bits per heavy atom. The molecule has 2 unspecified atom stereocenters. The lowest BCUT2D eigenvalue weighted by Crippen LogP contribution is -2.50. The highest BCUT2D eigenvalue weighted by Gasteiger charge is 2.43. The molecule has 1 rings (SSSR count). The van der Waals surface area contributed by atoms with Crippen molar-refractivity contribution in [1.29, 1.82) is 0 Å². The first-order chi connectivity index (χ1) is 6.76. The number of carbonyl (C=O) groups is 1. The van der Waals surface area contributed by atoms with Gasteiger partial charge in [0, 0.05) is 12.6 Å². The third kappa shape index (κ3) is 2.92. The summed E-state index contributed by atoms with van der Waals surface area (Å²) in [6.45, 7) is 5.52. The molecule has 0 radical (unpaired) electrons. The molecule has 1 fully saturated rings. The van der Waals surface area contributed by atoms with E-state index >= 15 is 0 Å². The fraction of sp³-hybridized carbons (Fsp3) is 0.909. The van der Waals surface area contributed by atoms with Crippen LogP contribution in [0.2, 0.25) is 0 Å². The number of amides is 1. The van der Waals surface area contributed by atoms with E-state index in [0.717, 1.165) is 19.3 Å². The molecule has 0 aliphatic heterocycles. The lowest BCUT2D eigenvalue weighted by molar-refractivity contribution is -0.131. The van der Waals surface area contributed by atoms with Crippen LogP contribution in [0.15, 0.2) is 0 Å². The molecule has 4 heteroatoms. The van der Waals surface area contributed by atoms with E-state index in [9.17, 15) is 9.90 Å². The lowest BCUT2D eigenvalue weighted by atomic mass is 9.84. The standard InChI is InChI=1S/C11H22N2O2/c1-10(2,15)7-13-9(14)11(3)6-4-5-8(11)12/h8,15H,4-7,12H2,1-3H3,(H,13,14). The van der Waals surface area contributed by atoms with Crippen molar-refractivity contribution in [3.8, 4) is 0 Å². The zero-order chi connectivity index (χ0) is 11.7. The minimum atomic E-state index is -0.866. The van der Waals surface area contributed by atoms with Crippen LogP contribution in [0.3, 0.4) is 0 Å². The normalized spacial score (nSPS) is 31.7. The van der Waals surface area contributed by atoms with E-state index in [-0.39, 0.29) is 18.5 Å². The van der Waals surface area contributed by atoms with Crippen molar-refractivity contribution in [3.63, 3.8) is 0 Å². The zero-order valence-corrected chi connectivity index (χ0v) is 9.84. The monoisotopic (exact) mass is 214 g/mol. The second-order valence-corrected chi connectivity index (χ2v) is 5.41. The fourth-order valence-electron chi connectivity index (χ4n) is 1.97. The first kappa shape index (κ1) is 12.5. The van der Waals surface area contributed by atoms with Gasteiger partial charge in [-0.3, -0.25) is 4.79 Å². The molecule has 15 heavy (non-hydrogen) atoms. The highest BCUT2D eigenvalue weighted by molar-refractivity contribution is 5.83. The van der Waals surface area contributed by atoms with Crippen LogP contribution < -0.4 is 11.1 Å². The van der Waals surface area contributed by atoms with E-state index in [1.807, 2.05) is 6.92 Å². The summed E-state index contributed by atoms with van der Waals surface area (Å²) in [4.78, 5) is 11.9. The van der Waals surface area contributed by atoms with Crippen molar-refractivity contribution in [2.24, 2.45) is 11.1 Å². The molecular formula is C11H22N2O2. The van der Waals surface area contributed by atoms with Crippen LogP contribution in [-0.4, -0.2) is 29.2 Å². The van der Waals surface area contributed by atoms with Gasteiger partial charge in [0.25, 0.3) is 0 Å². The number of hydrogen-bond donors (Lipinski definition) is 3. The maximum atomic E-state index is 11.9. The van der Waals surface area contributed by atoms with Crippen LogP contribution in [0.4, 0.5) is 0 Å². The second-order valence-electron chi connectivity index (χ2n) is 5.41. The van der Waals surface area contributed by atoms with Gasteiger partial charge in [0.1, 0.15) is 0 Å². The number of nitrogens with one attached hydrogen (secondary N) is 1. The van der Waals surface area contributed by atoms with Crippen LogP contribution in [0.5, 0.6) is 0 Å². The third-order valence-electron chi connectivity index (χ3n) is 3.23. The Kier molecular flexibility index (Phi) is 3.41.